The predicted molar refractivity (Wildman–Crippen MR) is 153 cm³/mol. The van der Waals surface area contributed by atoms with Crippen LogP contribution in [0.3, 0.4) is 0 Å². The highest BCUT2D eigenvalue weighted by Crippen LogP contribution is 2.33. The summed E-state index contributed by atoms with van der Waals surface area (Å²) in [5, 5.41) is 20.4. The zero-order chi connectivity index (χ0) is 27.7. The number of ether oxygens (including phenoxy) is 2. The van der Waals surface area contributed by atoms with Gasteiger partial charge in [-0.3, -0.25) is 14.6 Å². The molecule has 4 aromatic rings. The van der Waals surface area contributed by atoms with Crippen LogP contribution in [0.15, 0.2) is 64.5 Å². The van der Waals surface area contributed by atoms with E-state index in [0.717, 1.165) is 29.6 Å². The number of aliphatic hydroxyl groups is 1. The second-order valence-electron chi connectivity index (χ2n) is 10.6. The maximum absolute atomic E-state index is 12.4. The van der Waals surface area contributed by atoms with Gasteiger partial charge in [-0.15, -0.1) is 0 Å². The van der Waals surface area contributed by atoms with Gasteiger partial charge in [0.15, 0.2) is 0 Å². The third kappa shape index (κ3) is 5.05. The molecule has 11 heteroatoms. The standard InChI is InChI=1S/C29H33N7O4/c1-18(2)36-24-14-20(8-9-21(24)26(38)35-36)31-28-30-15-22(27-34-29(17-40-27)10-12-39-13-11-29)25(33-28)32-23(16-37)19-6-4-3-5-7-19/h3-9,14-15,18,23,37H,10-13,16-17H2,1-2H3,(H,35,38)(H2,30,31,32,33)/t23-/m1/s1. The Labute approximate surface area is 231 Å². The van der Waals surface area contributed by atoms with Crippen molar-refractivity contribution in [2.45, 2.75) is 44.3 Å². The van der Waals surface area contributed by atoms with Crippen LogP contribution in [0.4, 0.5) is 17.5 Å². The van der Waals surface area contributed by atoms with Gasteiger partial charge in [0.05, 0.1) is 29.1 Å². The van der Waals surface area contributed by atoms with Crippen LogP contribution in [0, 0.1) is 0 Å². The van der Waals surface area contributed by atoms with Gasteiger partial charge in [0.25, 0.3) is 5.56 Å². The van der Waals surface area contributed by atoms with Crippen LogP contribution >= 0.6 is 0 Å². The van der Waals surface area contributed by atoms with Crippen LogP contribution in [0.1, 0.15) is 49.9 Å². The summed E-state index contributed by atoms with van der Waals surface area (Å²) in [6.45, 7) is 5.68. The fraction of sp³-hybridized carbons (Fsp3) is 0.379. The second kappa shape index (κ2) is 10.7. The molecule has 0 aliphatic carbocycles. The number of aromatic amines is 1. The van der Waals surface area contributed by atoms with E-state index in [-0.39, 0.29) is 23.7 Å². The molecule has 1 atom stereocenters. The van der Waals surface area contributed by atoms with Crippen molar-refractivity contribution in [3.63, 3.8) is 0 Å². The molecule has 6 rings (SSSR count). The Morgan fingerprint density at radius 3 is 2.70 bits per heavy atom. The van der Waals surface area contributed by atoms with Crippen molar-refractivity contribution in [3.05, 3.63) is 76.2 Å². The van der Waals surface area contributed by atoms with E-state index in [0.29, 0.717) is 48.4 Å². The highest BCUT2D eigenvalue weighted by Gasteiger charge is 2.39. The molecule has 11 nitrogen and oxygen atoms in total. The summed E-state index contributed by atoms with van der Waals surface area (Å²) in [5.74, 6) is 1.32. The van der Waals surface area contributed by atoms with Gasteiger partial charge in [-0.25, -0.2) is 9.98 Å². The SMILES string of the molecule is CC(C)n1[nH]c(=O)c2ccc(Nc3ncc(C4=NC5(CCOCC5)CO4)c(N[C@H](CO)c4ccccc4)n3)cc21. The van der Waals surface area contributed by atoms with Crippen LogP contribution in [0.25, 0.3) is 10.9 Å². The zero-order valence-corrected chi connectivity index (χ0v) is 22.6. The average Bonchev–Trinajstić information content (AvgIpc) is 3.53. The van der Waals surface area contributed by atoms with Gasteiger partial charge >= 0.3 is 0 Å². The molecule has 4 N–H and O–H groups in total. The number of fused-ring (bicyclic) bond motifs is 1. The number of nitrogens with zero attached hydrogens (tertiary/aromatic N) is 4. The van der Waals surface area contributed by atoms with E-state index >= 15 is 0 Å². The second-order valence-corrected chi connectivity index (χ2v) is 10.6. The van der Waals surface area contributed by atoms with E-state index in [1.807, 2.05) is 61.0 Å². The smallest absolute Gasteiger partial charge is 0.271 e. The van der Waals surface area contributed by atoms with E-state index in [2.05, 4.69) is 20.7 Å². The highest BCUT2D eigenvalue weighted by atomic mass is 16.5. The molecule has 208 valence electrons. The minimum Gasteiger partial charge on any atom is -0.475 e. The summed E-state index contributed by atoms with van der Waals surface area (Å²) in [6, 6.07) is 14.9. The number of hydrogen-bond donors (Lipinski definition) is 4. The van der Waals surface area contributed by atoms with Crippen LogP contribution in [0.2, 0.25) is 0 Å². The van der Waals surface area contributed by atoms with E-state index in [1.165, 1.54) is 0 Å². The average molecular weight is 544 g/mol. The molecule has 2 aliphatic heterocycles. The Morgan fingerprint density at radius 2 is 1.95 bits per heavy atom. The Hall–Kier alpha value is -4.22. The number of benzene rings is 2. The van der Waals surface area contributed by atoms with Gasteiger partial charge in [-0.1, -0.05) is 30.3 Å². The van der Waals surface area contributed by atoms with Gasteiger partial charge in [0, 0.05) is 31.1 Å². The van der Waals surface area contributed by atoms with Crippen LogP contribution in [-0.2, 0) is 9.47 Å². The van der Waals surface area contributed by atoms with Crippen molar-refractivity contribution in [1.29, 1.82) is 0 Å². The van der Waals surface area contributed by atoms with E-state index in [4.69, 9.17) is 19.5 Å². The number of hydrogen-bond acceptors (Lipinski definition) is 9. The van der Waals surface area contributed by atoms with E-state index in [9.17, 15) is 9.90 Å². The summed E-state index contributed by atoms with van der Waals surface area (Å²) < 4.78 is 13.5. The first-order valence-corrected chi connectivity index (χ1v) is 13.6. The first kappa shape index (κ1) is 26.0. The molecule has 0 radical (unpaired) electrons. The molecule has 40 heavy (non-hydrogen) atoms. The zero-order valence-electron chi connectivity index (χ0n) is 22.6. The Balaban J connectivity index is 1.36. The third-order valence-electron chi connectivity index (χ3n) is 7.45. The molecule has 0 amide bonds. The first-order chi connectivity index (χ1) is 19.4. The predicted octanol–water partition coefficient (Wildman–Crippen LogP) is 3.92. The van der Waals surface area contributed by atoms with Crippen molar-refractivity contribution >= 4 is 34.3 Å². The van der Waals surface area contributed by atoms with E-state index in [1.54, 1.807) is 12.3 Å². The first-order valence-electron chi connectivity index (χ1n) is 13.6. The van der Waals surface area contributed by atoms with Gasteiger partial charge in [0.2, 0.25) is 11.8 Å². The molecule has 2 aromatic heterocycles. The number of aliphatic hydroxyl groups excluding tert-OH is 1. The van der Waals surface area contributed by atoms with Gasteiger partial charge in [-0.2, -0.15) is 4.98 Å². The summed E-state index contributed by atoms with van der Waals surface area (Å²) in [4.78, 5) is 26.7. The largest absolute Gasteiger partial charge is 0.475 e. The molecular weight excluding hydrogens is 510 g/mol. The van der Waals surface area contributed by atoms with Gasteiger partial charge in [0.1, 0.15) is 18.0 Å². The topological polar surface area (TPSA) is 139 Å². The molecule has 0 saturated carbocycles. The molecule has 2 aromatic carbocycles. The van der Waals surface area contributed by atoms with Crippen molar-refractivity contribution in [1.82, 2.24) is 19.7 Å². The quantitative estimate of drug-likeness (QED) is 0.262. The highest BCUT2D eigenvalue weighted by molar-refractivity contribution is 6.00. The van der Waals surface area contributed by atoms with Crippen LogP contribution in [-0.4, -0.2) is 62.7 Å². The third-order valence-corrected chi connectivity index (χ3v) is 7.45. The molecule has 1 fully saturated rings. The molecule has 0 bridgehead atoms. The Bertz CT molecular complexity index is 1590. The van der Waals surface area contributed by atoms with Crippen LogP contribution in [0.5, 0.6) is 0 Å². The maximum Gasteiger partial charge on any atom is 0.271 e. The van der Waals surface area contributed by atoms with Crippen molar-refractivity contribution in [2.75, 3.05) is 37.1 Å². The van der Waals surface area contributed by atoms with Crippen molar-refractivity contribution in [3.8, 4) is 0 Å². The van der Waals surface area contributed by atoms with Gasteiger partial charge < -0.3 is 25.2 Å². The van der Waals surface area contributed by atoms with Gasteiger partial charge in [-0.05, 0) is 50.5 Å². The lowest BCUT2D eigenvalue weighted by Crippen LogP contribution is -2.35. The number of H-pyrrole nitrogens is 1. The molecule has 1 saturated heterocycles. The van der Waals surface area contributed by atoms with Crippen molar-refractivity contribution in [2.24, 2.45) is 4.99 Å². The number of rotatable bonds is 8. The summed E-state index contributed by atoms with van der Waals surface area (Å²) >= 11 is 0. The number of aromatic nitrogens is 4. The number of aliphatic imine (C=N–C) groups is 1. The summed E-state index contributed by atoms with van der Waals surface area (Å²) in [7, 11) is 0. The minimum atomic E-state index is -0.404. The molecule has 0 unspecified atom stereocenters. The number of anilines is 3. The Kier molecular flexibility index (Phi) is 6.99. The Morgan fingerprint density at radius 1 is 1.15 bits per heavy atom. The number of nitrogens with one attached hydrogen (secondary N) is 3. The molecule has 1 spiro atoms. The lowest BCUT2D eigenvalue weighted by Gasteiger charge is -2.28. The molecular formula is C29H33N7O4. The normalized spacial score (nSPS) is 17.1. The monoisotopic (exact) mass is 543 g/mol. The maximum atomic E-state index is 12.4. The lowest BCUT2D eigenvalue weighted by molar-refractivity contribution is 0.0442. The minimum absolute atomic E-state index is 0.0893. The molecule has 2 aliphatic rings. The van der Waals surface area contributed by atoms with Crippen molar-refractivity contribution < 1.29 is 14.6 Å². The van der Waals surface area contributed by atoms with E-state index < -0.39 is 6.04 Å². The van der Waals surface area contributed by atoms with Crippen LogP contribution < -0.4 is 16.2 Å². The lowest BCUT2D eigenvalue weighted by atomic mass is 9.92. The molecule has 4 heterocycles. The summed E-state index contributed by atoms with van der Waals surface area (Å²) in [6.07, 6.45) is 3.28. The fourth-order valence-electron chi connectivity index (χ4n) is 5.19. The fourth-order valence-corrected chi connectivity index (χ4v) is 5.19. The summed E-state index contributed by atoms with van der Waals surface area (Å²) in [5.41, 5.74) is 2.65.